The summed E-state index contributed by atoms with van der Waals surface area (Å²) in [7, 11) is 1.65. The van der Waals surface area contributed by atoms with E-state index in [2.05, 4.69) is 5.32 Å². The lowest BCUT2D eigenvalue weighted by Crippen LogP contribution is -2.54. The summed E-state index contributed by atoms with van der Waals surface area (Å²) in [6.45, 7) is 0. The van der Waals surface area contributed by atoms with Crippen molar-refractivity contribution < 1.29 is 9.53 Å². The van der Waals surface area contributed by atoms with E-state index in [0.29, 0.717) is 5.56 Å². The van der Waals surface area contributed by atoms with Crippen molar-refractivity contribution in [3.8, 4) is 16.9 Å². The number of amides is 1. The van der Waals surface area contributed by atoms with Gasteiger partial charge in [0, 0.05) is 23.2 Å². The van der Waals surface area contributed by atoms with Crippen molar-refractivity contribution in [2.24, 2.45) is 5.73 Å². The number of benzene rings is 2. The Morgan fingerprint density at radius 2 is 2.00 bits per heavy atom. The molecular weight excluding hydrogens is 276 g/mol. The average molecular weight is 296 g/mol. The van der Waals surface area contributed by atoms with Crippen molar-refractivity contribution in [2.75, 3.05) is 7.11 Å². The lowest BCUT2D eigenvalue weighted by Gasteiger charge is -2.34. The summed E-state index contributed by atoms with van der Waals surface area (Å²) in [5, 5.41) is 2.99. The number of nitrogens with two attached hydrogens (primary N) is 1. The minimum absolute atomic E-state index is 0.0723. The first-order chi connectivity index (χ1) is 10.7. The zero-order chi connectivity index (χ0) is 15.5. The summed E-state index contributed by atoms with van der Waals surface area (Å²) in [4.78, 5) is 12.3. The first-order valence-electron chi connectivity index (χ1n) is 7.49. The van der Waals surface area contributed by atoms with Crippen molar-refractivity contribution >= 4 is 5.91 Å². The number of ether oxygens (including phenoxy) is 1. The highest BCUT2D eigenvalue weighted by molar-refractivity contribution is 5.96. The van der Waals surface area contributed by atoms with Crippen molar-refractivity contribution in [1.29, 1.82) is 0 Å². The van der Waals surface area contributed by atoms with E-state index in [9.17, 15) is 4.79 Å². The maximum absolute atomic E-state index is 12.3. The lowest BCUT2D eigenvalue weighted by atomic mass is 9.87. The fourth-order valence-corrected chi connectivity index (χ4v) is 2.67. The second-order valence-corrected chi connectivity index (χ2v) is 5.60. The van der Waals surface area contributed by atoms with Crippen LogP contribution in [0.1, 0.15) is 23.2 Å². The molecule has 3 N–H and O–H groups in total. The van der Waals surface area contributed by atoms with Crippen molar-refractivity contribution in [1.82, 2.24) is 5.32 Å². The molecule has 0 radical (unpaired) electrons. The van der Waals surface area contributed by atoms with Gasteiger partial charge in [-0.1, -0.05) is 30.3 Å². The van der Waals surface area contributed by atoms with Crippen LogP contribution in [0.3, 0.4) is 0 Å². The molecule has 0 unspecified atom stereocenters. The number of hydrogen-bond donors (Lipinski definition) is 2. The summed E-state index contributed by atoms with van der Waals surface area (Å²) in [5.74, 6) is 0.720. The molecule has 0 heterocycles. The van der Waals surface area contributed by atoms with Gasteiger partial charge in [0.2, 0.25) is 0 Å². The maximum Gasteiger partial charge on any atom is 0.251 e. The molecular formula is C18H20N2O2. The number of carbonyl (C=O) groups excluding carboxylic acids is 1. The molecule has 22 heavy (non-hydrogen) atoms. The Morgan fingerprint density at radius 3 is 2.68 bits per heavy atom. The zero-order valence-electron chi connectivity index (χ0n) is 12.6. The zero-order valence-corrected chi connectivity index (χ0v) is 12.6. The molecule has 0 aromatic heterocycles. The van der Waals surface area contributed by atoms with Crippen LogP contribution in [0.25, 0.3) is 11.1 Å². The first kappa shape index (κ1) is 14.6. The highest BCUT2D eigenvalue weighted by Crippen LogP contribution is 2.30. The summed E-state index contributed by atoms with van der Waals surface area (Å²) >= 11 is 0. The molecule has 0 saturated heterocycles. The third-order valence-corrected chi connectivity index (χ3v) is 4.19. The van der Waals surface area contributed by atoms with Gasteiger partial charge in [-0.05, 0) is 36.6 Å². The number of methoxy groups -OCH3 is 1. The average Bonchev–Trinajstić information content (AvgIpc) is 2.58. The molecule has 2 atom stereocenters. The molecule has 2 aromatic rings. The van der Waals surface area contributed by atoms with Crippen molar-refractivity contribution in [3.63, 3.8) is 0 Å². The van der Waals surface area contributed by atoms with E-state index in [1.54, 1.807) is 7.11 Å². The number of carbonyl (C=O) groups is 1. The molecule has 1 aliphatic carbocycles. The first-order valence-corrected chi connectivity index (χ1v) is 7.49. The molecule has 4 heteroatoms. The maximum atomic E-state index is 12.3. The summed E-state index contributed by atoms with van der Waals surface area (Å²) in [6, 6.07) is 15.5. The van der Waals surface area contributed by atoms with Gasteiger partial charge in [0.25, 0.3) is 5.91 Å². The topological polar surface area (TPSA) is 64.3 Å². The van der Waals surface area contributed by atoms with Gasteiger partial charge in [0.1, 0.15) is 5.75 Å². The molecule has 0 spiro atoms. The third kappa shape index (κ3) is 2.83. The monoisotopic (exact) mass is 296 g/mol. The summed E-state index contributed by atoms with van der Waals surface area (Å²) in [6.07, 6.45) is 1.94. The number of hydrogen-bond acceptors (Lipinski definition) is 3. The van der Waals surface area contributed by atoms with E-state index in [4.69, 9.17) is 10.5 Å². The summed E-state index contributed by atoms with van der Waals surface area (Å²) < 4.78 is 5.39. The molecule has 0 aliphatic heterocycles. The second kappa shape index (κ2) is 6.20. The third-order valence-electron chi connectivity index (χ3n) is 4.19. The Kier molecular flexibility index (Phi) is 4.11. The Balaban J connectivity index is 1.84. The Labute approximate surface area is 130 Å². The fourth-order valence-electron chi connectivity index (χ4n) is 2.67. The van der Waals surface area contributed by atoms with Crippen LogP contribution in [0.4, 0.5) is 0 Å². The van der Waals surface area contributed by atoms with Gasteiger partial charge >= 0.3 is 0 Å². The SMILES string of the molecule is COc1ccccc1-c1cccc(C(=O)N[C@@H]2CC[C@@H]2N)c1. The molecule has 1 fully saturated rings. The number of para-hydroxylation sites is 1. The molecule has 1 saturated carbocycles. The Morgan fingerprint density at radius 1 is 1.18 bits per heavy atom. The minimum Gasteiger partial charge on any atom is -0.496 e. The molecule has 114 valence electrons. The fraction of sp³-hybridized carbons (Fsp3) is 0.278. The van der Waals surface area contributed by atoms with Crippen LogP contribution in [0.2, 0.25) is 0 Å². The molecule has 0 bridgehead atoms. The Hall–Kier alpha value is -2.33. The van der Waals surface area contributed by atoms with E-state index < -0.39 is 0 Å². The van der Waals surface area contributed by atoms with Gasteiger partial charge in [0.15, 0.2) is 0 Å². The number of nitrogens with one attached hydrogen (secondary N) is 1. The minimum atomic E-state index is -0.0723. The summed E-state index contributed by atoms with van der Waals surface area (Å²) in [5.41, 5.74) is 8.45. The van der Waals surface area contributed by atoms with E-state index >= 15 is 0 Å². The Bertz CT molecular complexity index is 684. The van der Waals surface area contributed by atoms with Crippen LogP contribution in [0, 0.1) is 0 Å². The van der Waals surface area contributed by atoms with Crippen LogP contribution < -0.4 is 15.8 Å². The van der Waals surface area contributed by atoms with Crippen LogP contribution >= 0.6 is 0 Å². The second-order valence-electron chi connectivity index (χ2n) is 5.60. The quantitative estimate of drug-likeness (QED) is 0.911. The molecule has 4 nitrogen and oxygen atoms in total. The molecule has 1 aliphatic rings. The highest BCUT2D eigenvalue weighted by atomic mass is 16.5. The largest absolute Gasteiger partial charge is 0.496 e. The van der Waals surface area contributed by atoms with E-state index in [-0.39, 0.29) is 18.0 Å². The lowest BCUT2D eigenvalue weighted by molar-refractivity contribution is 0.0906. The highest BCUT2D eigenvalue weighted by Gasteiger charge is 2.28. The van der Waals surface area contributed by atoms with Gasteiger partial charge in [0.05, 0.1) is 7.11 Å². The molecule has 1 amide bonds. The van der Waals surface area contributed by atoms with E-state index in [1.165, 1.54) is 0 Å². The number of rotatable bonds is 4. The van der Waals surface area contributed by atoms with E-state index in [1.807, 2.05) is 48.5 Å². The van der Waals surface area contributed by atoms with Gasteiger partial charge in [-0.3, -0.25) is 4.79 Å². The smallest absolute Gasteiger partial charge is 0.251 e. The molecule has 2 aromatic carbocycles. The van der Waals surface area contributed by atoms with Gasteiger partial charge in [-0.2, -0.15) is 0 Å². The normalized spacial score (nSPS) is 20.1. The van der Waals surface area contributed by atoms with Crippen LogP contribution in [0.5, 0.6) is 5.75 Å². The van der Waals surface area contributed by atoms with Crippen LogP contribution in [-0.2, 0) is 0 Å². The van der Waals surface area contributed by atoms with E-state index in [0.717, 1.165) is 29.7 Å². The van der Waals surface area contributed by atoms with Gasteiger partial charge < -0.3 is 15.8 Å². The standard InChI is InChI=1S/C18H20N2O2/c1-22-17-8-3-2-7-14(17)12-5-4-6-13(11-12)18(21)20-16-10-9-15(16)19/h2-8,11,15-16H,9-10,19H2,1H3,(H,20,21)/t15-,16+/m0/s1. The predicted molar refractivity (Wildman–Crippen MR) is 86.9 cm³/mol. The van der Waals surface area contributed by atoms with Crippen LogP contribution in [0.15, 0.2) is 48.5 Å². The van der Waals surface area contributed by atoms with Gasteiger partial charge in [-0.25, -0.2) is 0 Å². The van der Waals surface area contributed by atoms with Gasteiger partial charge in [-0.15, -0.1) is 0 Å². The van der Waals surface area contributed by atoms with Crippen LogP contribution in [-0.4, -0.2) is 25.1 Å². The molecule has 3 rings (SSSR count). The van der Waals surface area contributed by atoms with Crippen molar-refractivity contribution in [2.45, 2.75) is 24.9 Å². The van der Waals surface area contributed by atoms with Crippen molar-refractivity contribution in [3.05, 3.63) is 54.1 Å². The predicted octanol–water partition coefficient (Wildman–Crippen LogP) is 2.58.